The second-order valence-electron chi connectivity index (χ2n) is 8.06. The Morgan fingerprint density at radius 2 is 1.67 bits per heavy atom. The summed E-state index contributed by atoms with van der Waals surface area (Å²) in [5.74, 6) is 1.68. The molecule has 0 aliphatic carbocycles. The number of piperazine rings is 1. The normalized spacial score (nSPS) is 15.1. The maximum absolute atomic E-state index is 5.48. The second kappa shape index (κ2) is 9.96. The van der Waals surface area contributed by atoms with Crippen LogP contribution in [0.2, 0.25) is 0 Å². The molecule has 4 aromatic rings. The minimum absolute atomic E-state index is 0.588. The van der Waals surface area contributed by atoms with Gasteiger partial charge in [0.25, 0.3) is 0 Å². The van der Waals surface area contributed by atoms with Gasteiger partial charge >= 0.3 is 0 Å². The average molecular weight is 479 g/mol. The van der Waals surface area contributed by atoms with Gasteiger partial charge in [-0.05, 0) is 36.5 Å². The van der Waals surface area contributed by atoms with Gasteiger partial charge in [-0.2, -0.15) is 4.98 Å². The van der Waals surface area contributed by atoms with E-state index in [4.69, 9.17) is 21.9 Å². The van der Waals surface area contributed by atoms with Crippen LogP contribution in [0.5, 0.6) is 5.75 Å². The van der Waals surface area contributed by atoms with Gasteiger partial charge < -0.3 is 4.74 Å². The summed E-state index contributed by atoms with van der Waals surface area (Å²) < 4.78 is 7.79. The molecule has 2 aromatic carbocycles. The minimum Gasteiger partial charge on any atom is -0.497 e. The van der Waals surface area contributed by atoms with E-state index in [1.807, 2.05) is 47.1 Å². The quantitative estimate of drug-likeness (QED) is 0.394. The summed E-state index contributed by atoms with van der Waals surface area (Å²) in [6.45, 7) is 5.58. The third-order valence-corrected chi connectivity index (χ3v) is 7.06. The Morgan fingerprint density at radius 1 is 0.939 bits per heavy atom. The third kappa shape index (κ3) is 5.22. The molecule has 9 heteroatoms. The van der Waals surface area contributed by atoms with Crippen LogP contribution in [-0.4, -0.2) is 62.8 Å². The predicted molar refractivity (Wildman–Crippen MR) is 134 cm³/mol. The number of aromatic nitrogens is 4. The number of nitrogens with one attached hydrogen (secondary N) is 1. The molecule has 0 atom stereocenters. The number of hydrogen-bond acceptors (Lipinski definition) is 7. The maximum atomic E-state index is 5.48. The van der Waals surface area contributed by atoms with Crippen molar-refractivity contribution in [2.45, 2.75) is 13.2 Å². The Bertz CT molecular complexity index is 1240. The van der Waals surface area contributed by atoms with Gasteiger partial charge in [0.1, 0.15) is 10.8 Å². The highest BCUT2D eigenvalue weighted by atomic mass is 32.1. The molecule has 7 nitrogen and oxygen atoms in total. The highest BCUT2D eigenvalue weighted by molar-refractivity contribution is 7.71. The van der Waals surface area contributed by atoms with E-state index in [-0.39, 0.29) is 0 Å². The molecular weight excluding hydrogens is 452 g/mol. The number of benzene rings is 2. The summed E-state index contributed by atoms with van der Waals surface area (Å²) >= 11 is 7.17. The fourth-order valence-electron chi connectivity index (χ4n) is 3.94. The van der Waals surface area contributed by atoms with Gasteiger partial charge in [0, 0.05) is 49.2 Å². The summed E-state index contributed by atoms with van der Waals surface area (Å²) in [5.41, 5.74) is 3.30. The van der Waals surface area contributed by atoms with E-state index in [9.17, 15) is 0 Å². The number of rotatable bonds is 7. The van der Waals surface area contributed by atoms with Crippen LogP contribution in [0.1, 0.15) is 5.69 Å². The van der Waals surface area contributed by atoms with Gasteiger partial charge in [-0.1, -0.05) is 30.3 Å². The molecule has 1 fully saturated rings. The maximum Gasteiger partial charge on any atom is 0.217 e. The Morgan fingerprint density at radius 3 is 2.39 bits per heavy atom. The van der Waals surface area contributed by atoms with Gasteiger partial charge in [0.05, 0.1) is 19.5 Å². The predicted octanol–water partition coefficient (Wildman–Crippen LogP) is 4.52. The fourth-order valence-corrected chi connectivity index (χ4v) is 4.95. The van der Waals surface area contributed by atoms with Gasteiger partial charge in [-0.15, -0.1) is 11.3 Å². The summed E-state index contributed by atoms with van der Waals surface area (Å²) in [6, 6.07) is 18.2. The molecule has 0 spiro atoms. The van der Waals surface area contributed by atoms with Crippen LogP contribution in [-0.2, 0) is 13.2 Å². The minimum atomic E-state index is 0.588. The van der Waals surface area contributed by atoms with E-state index < -0.39 is 0 Å². The van der Waals surface area contributed by atoms with Crippen molar-refractivity contribution in [3.63, 3.8) is 0 Å². The van der Waals surface area contributed by atoms with Crippen molar-refractivity contribution >= 4 is 23.6 Å². The van der Waals surface area contributed by atoms with Gasteiger partial charge in [0.15, 0.2) is 5.82 Å². The second-order valence-corrected chi connectivity index (χ2v) is 9.28. The number of hydrogen-bond donors (Lipinski definition) is 1. The first-order valence-corrected chi connectivity index (χ1v) is 12.2. The van der Waals surface area contributed by atoms with Crippen LogP contribution >= 0.6 is 23.6 Å². The zero-order valence-corrected chi connectivity index (χ0v) is 20.1. The van der Waals surface area contributed by atoms with Crippen LogP contribution in [0, 0.1) is 4.77 Å². The van der Waals surface area contributed by atoms with Gasteiger partial charge in [0.2, 0.25) is 4.77 Å². The Kier molecular flexibility index (Phi) is 6.63. The largest absolute Gasteiger partial charge is 0.497 e. The highest BCUT2D eigenvalue weighted by Crippen LogP contribution is 2.26. The molecule has 2 aromatic heterocycles. The van der Waals surface area contributed by atoms with Gasteiger partial charge in [-0.3, -0.25) is 14.9 Å². The number of ether oxygens (including phenoxy) is 1. The molecule has 5 rings (SSSR count). The number of H-pyrrole nitrogens is 1. The number of methoxy groups -OCH3 is 1. The molecule has 1 N–H and O–H groups in total. The SMILES string of the molecule is COc1ccc(-c2nc(CN3CCN(Cn4[nH]c(-c5ccccc5)nc4=S)CC3)cs2)cc1. The van der Waals surface area contributed by atoms with Crippen molar-refractivity contribution in [1.29, 1.82) is 0 Å². The van der Waals surface area contributed by atoms with Gasteiger partial charge in [-0.25, -0.2) is 9.67 Å². The Balaban J connectivity index is 1.15. The topological polar surface area (TPSA) is 62.2 Å². The molecule has 0 saturated carbocycles. The molecule has 170 valence electrons. The number of aromatic amines is 1. The molecule has 3 heterocycles. The standard InChI is InChI=1S/C24H26N6OS2/c1-31-21-9-7-19(8-10-21)23-25-20(16-33-23)15-28-11-13-29(14-12-28)17-30-24(32)26-22(27-30)18-5-3-2-4-6-18/h2-10,16H,11-15,17H2,1H3,(H,26,27,32). The van der Waals surface area contributed by atoms with E-state index in [0.717, 1.165) is 72.8 Å². The van der Waals surface area contributed by atoms with Crippen molar-refractivity contribution in [1.82, 2.24) is 29.5 Å². The van der Waals surface area contributed by atoms with Crippen LogP contribution in [0.25, 0.3) is 22.0 Å². The van der Waals surface area contributed by atoms with Crippen LogP contribution in [0.15, 0.2) is 60.0 Å². The van der Waals surface area contributed by atoms with Crippen molar-refractivity contribution in [2.24, 2.45) is 0 Å². The lowest BCUT2D eigenvalue weighted by molar-refractivity contribution is 0.0976. The molecule has 1 saturated heterocycles. The highest BCUT2D eigenvalue weighted by Gasteiger charge is 2.19. The van der Waals surface area contributed by atoms with Crippen molar-refractivity contribution in [2.75, 3.05) is 33.3 Å². The lowest BCUT2D eigenvalue weighted by Gasteiger charge is -2.34. The first-order valence-electron chi connectivity index (χ1n) is 10.9. The Hall–Kier alpha value is -2.85. The van der Waals surface area contributed by atoms with Crippen LogP contribution in [0.4, 0.5) is 0 Å². The molecule has 1 aliphatic heterocycles. The van der Waals surface area contributed by atoms with Crippen molar-refractivity contribution < 1.29 is 4.74 Å². The summed E-state index contributed by atoms with van der Waals surface area (Å²) in [4.78, 5) is 14.2. The van der Waals surface area contributed by atoms with Crippen LogP contribution < -0.4 is 4.74 Å². The zero-order valence-electron chi connectivity index (χ0n) is 18.5. The molecule has 0 amide bonds. The van der Waals surface area contributed by atoms with Crippen molar-refractivity contribution in [3.05, 3.63) is 70.4 Å². The lowest BCUT2D eigenvalue weighted by Crippen LogP contribution is -2.46. The average Bonchev–Trinajstić information content (AvgIpc) is 3.48. The fraction of sp³-hybridized carbons (Fsp3) is 0.292. The van der Waals surface area contributed by atoms with Crippen molar-refractivity contribution in [3.8, 4) is 27.7 Å². The van der Waals surface area contributed by atoms with E-state index >= 15 is 0 Å². The third-order valence-electron chi connectivity index (χ3n) is 5.81. The lowest BCUT2D eigenvalue weighted by atomic mass is 10.2. The monoisotopic (exact) mass is 478 g/mol. The first-order chi connectivity index (χ1) is 16.2. The molecule has 0 bridgehead atoms. The summed E-state index contributed by atoms with van der Waals surface area (Å²) in [7, 11) is 1.68. The van der Waals surface area contributed by atoms with Crippen LogP contribution in [0.3, 0.4) is 0 Å². The molecule has 33 heavy (non-hydrogen) atoms. The summed E-state index contributed by atoms with van der Waals surface area (Å²) in [6.07, 6.45) is 0. The first kappa shape index (κ1) is 22.0. The number of nitrogens with zero attached hydrogens (tertiary/aromatic N) is 5. The van der Waals surface area contributed by atoms with E-state index in [2.05, 4.69) is 37.4 Å². The number of thiazole rings is 1. The van der Waals surface area contributed by atoms with E-state index in [0.29, 0.717) is 4.77 Å². The summed E-state index contributed by atoms with van der Waals surface area (Å²) in [5, 5.41) is 6.57. The van der Waals surface area contributed by atoms with E-state index in [1.54, 1.807) is 18.4 Å². The molecule has 1 aliphatic rings. The van der Waals surface area contributed by atoms with E-state index in [1.165, 1.54) is 0 Å². The molecule has 0 unspecified atom stereocenters. The molecule has 0 radical (unpaired) electrons. The zero-order chi connectivity index (χ0) is 22.6. The Labute approximate surface area is 202 Å². The smallest absolute Gasteiger partial charge is 0.217 e. The molecular formula is C24H26N6OS2.